The van der Waals surface area contributed by atoms with Gasteiger partial charge in [0, 0.05) is 17.5 Å². The molecule has 0 spiro atoms. The van der Waals surface area contributed by atoms with E-state index in [4.69, 9.17) is 4.74 Å². The van der Waals surface area contributed by atoms with Gasteiger partial charge in [-0.2, -0.15) is 0 Å². The standard InChI is InChI=1S/C16H14O3.Li/c1-2-10-7-8-14-12(15(10)16(17)18)9-11-5-3-4-6-13(11)19-14;/h3-8H,2,9H2,1H3,(H,17,18);/q;+1/p-1. The molecule has 0 atom stereocenters. The van der Waals surface area contributed by atoms with E-state index in [0.29, 0.717) is 18.6 Å². The Morgan fingerprint density at radius 3 is 2.65 bits per heavy atom. The zero-order valence-corrected chi connectivity index (χ0v) is 11.6. The molecule has 0 radical (unpaired) electrons. The SMILES string of the molecule is CCc1ccc2c(c1C(=O)[O-])Cc1ccccc1O2.[Li+]. The second kappa shape index (κ2) is 5.74. The van der Waals surface area contributed by atoms with Crippen LogP contribution in [-0.4, -0.2) is 5.97 Å². The number of aryl methyl sites for hydroxylation is 1. The Bertz CT molecular complexity index is 665. The van der Waals surface area contributed by atoms with E-state index in [0.717, 1.165) is 22.4 Å². The van der Waals surface area contributed by atoms with E-state index >= 15 is 0 Å². The van der Waals surface area contributed by atoms with Crippen LogP contribution >= 0.6 is 0 Å². The molecule has 2 aromatic carbocycles. The van der Waals surface area contributed by atoms with Crippen LogP contribution in [0.5, 0.6) is 11.5 Å². The van der Waals surface area contributed by atoms with Gasteiger partial charge in [0.05, 0.1) is 5.97 Å². The molecule has 1 aliphatic rings. The summed E-state index contributed by atoms with van der Waals surface area (Å²) in [5, 5.41) is 11.4. The van der Waals surface area contributed by atoms with Crippen molar-refractivity contribution in [2.75, 3.05) is 0 Å². The largest absolute Gasteiger partial charge is 1.00 e. The van der Waals surface area contributed by atoms with Gasteiger partial charge in [0.25, 0.3) is 0 Å². The van der Waals surface area contributed by atoms with Gasteiger partial charge in [0.15, 0.2) is 0 Å². The van der Waals surface area contributed by atoms with Crippen LogP contribution in [0.25, 0.3) is 0 Å². The second-order valence-electron chi connectivity index (χ2n) is 4.60. The summed E-state index contributed by atoms with van der Waals surface area (Å²) in [5.74, 6) is 0.287. The normalized spacial score (nSPS) is 11.7. The first-order chi connectivity index (χ1) is 9.20. The first kappa shape index (κ1) is 14.7. The summed E-state index contributed by atoms with van der Waals surface area (Å²) < 4.78 is 5.78. The molecule has 0 N–H and O–H groups in total. The van der Waals surface area contributed by atoms with Crippen LogP contribution < -0.4 is 28.7 Å². The van der Waals surface area contributed by atoms with Crippen molar-refractivity contribution in [1.29, 1.82) is 0 Å². The van der Waals surface area contributed by atoms with E-state index in [9.17, 15) is 9.90 Å². The third-order valence-corrected chi connectivity index (χ3v) is 3.50. The minimum absolute atomic E-state index is 0. The Hall–Kier alpha value is -1.69. The van der Waals surface area contributed by atoms with E-state index in [1.807, 2.05) is 37.3 Å². The zero-order chi connectivity index (χ0) is 13.4. The third-order valence-electron chi connectivity index (χ3n) is 3.50. The van der Waals surface area contributed by atoms with Crippen molar-refractivity contribution in [1.82, 2.24) is 0 Å². The molecule has 4 heteroatoms. The molecule has 1 aliphatic heterocycles. The zero-order valence-electron chi connectivity index (χ0n) is 11.6. The third kappa shape index (κ3) is 2.35. The van der Waals surface area contributed by atoms with Gasteiger partial charge in [-0.05, 0) is 29.7 Å². The number of rotatable bonds is 2. The predicted octanol–water partition coefficient (Wildman–Crippen LogP) is -0.687. The van der Waals surface area contributed by atoms with E-state index in [1.165, 1.54) is 0 Å². The van der Waals surface area contributed by atoms with Crippen molar-refractivity contribution in [2.24, 2.45) is 0 Å². The number of aromatic carboxylic acids is 1. The van der Waals surface area contributed by atoms with Crippen molar-refractivity contribution in [3.05, 3.63) is 58.7 Å². The van der Waals surface area contributed by atoms with E-state index in [-0.39, 0.29) is 24.4 Å². The Morgan fingerprint density at radius 2 is 1.95 bits per heavy atom. The molecule has 0 bridgehead atoms. The number of carbonyl (C=O) groups is 1. The first-order valence-electron chi connectivity index (χ1n) is 6.32. The van der Waals surface area contributed by atoms with Crippen LogP contribution in [0.1, 0.15) is 34.0 Å². The van der Waals surface area contributed by atoms with Crippen molar-refractivity contribution in [3.8, 4) is 11.5 Å². The van der Waals surface area contributed by atoms with Gasteiger partial charge in [-0.15, -0.1) is 0 Å². The molecule has 0 saturated carbocycles. The number of fused-ring (bicyclic) bond motifs is 2. The number of hydrogen-bond acceptors (Lipinski definition) is 3. The average Bonchev–Trinajstić information content (AvgIpc) is 2.43. The molecule has 1 heterocycles. The van der Waals surface area contributed by atoms with Gasteiger partial charge in [-0.25, -0.2) is 0 Å². The van der Waals surface area contributed by atoms with Crippen LogP contribution in [0.2, 0.25) is 0 Å². The molecular weight excluding hydrogens is 247 g/mol. The summed E-state index contributed by atoms with van der Waals surface area (Å²) in [6.45, 7) is 1.94. The maximum atomic E-state index is 11.4. The summed E-state index contributed by atoms with van der Waals surface area (Å²) in [5.41, 5.74) is 2.81. The Morgan fingerprint density at radius 1 is 1.20 bits per heavy atom. The van der Waals surface area contributed by atoms with Gasteiger partial charge in [0.1, 0.15) is 11.5 Å². The first-order valence-corrected chi connectivity index (χ1v) is 6.32. The topological polar surface area (TPSA) is 49.4 Å². The number of hydrogen-bond donors (Lipinski definition) is 0. The smallest absolute Gasteiger partial charge is 0.545 e. The molecule has 0 amide bonds. The van der Waals surface area contributed by atoms with Crippen LogP contribution in [0.3, 0.4) is 0 Å². The molecule has 2 aromatic rings. The van der Waals surface area contributed by atoms with Crippen LogP contribution in [0.15, 0.2) is 36.4 Å². The molecule has 96 valence electrons. The summed E-state index contributed by atoms with van der Waals surface area (Å²) in [6, 6.07) is 11.3. The van der Waals surface area contributed by atoms with E-state index < -0.39 is 5.97 Å². The fourth-order valence-electron chi connectivity index (χ4n) is 2.56. The molecule has 0 saturated heterocycles. The number of carbonyl (C=O) groups excluding carboxylic acids is 1. The van der Waals surface area contributed by atoms with Gasteiger partial charge >= 0.3 is 18.9 Å². The average molecular weight is 260 g/mol. The fourth-order valence-corrected chi connectivity index (χ4v) is 2.56. The second-order valence-corrected chi connectivity index (χ2v) is 4.60. The summed E-state index contributed by atoms with van der Waals surface area (Å²) in [6.07, 6.45) is 1.24. The number of carboxylic acid groups (broad SMARTS) is 1. The maximum absolute atomic E-state index is 11.4. The summed E-state index contributed by atoms with van der Waals surface area (Å²) in [4.78, 5) is 11.4. The predicted molar refractivity (Wildman–Crippen MR) is 69.5 cm³/mol. The minimum Gasteiger partial charge on any atom is -0.545 e. The number of ether oxygens (including phenoxy) is 1. The van der Waals surface area contributed by atoms with Crippen molar-refractivity contribution in [3.63, 3.8) is 0 Å². The number of benzene rings is 2. The molecule has 0 unspecified atom stereocenters. The fraction of sp³-hybridized carbons (Fsp3) is 0.188. The molecule has 20 heavy (non-hydrogen) atoms. The number of carboxylic acids is 1. The van der Waals surface area contributed by atoms with Gasteiger partial charge in [-0.3, -0.25) is 0 Å². The molecule has 0 aromatic heterocycles. The Labute approximate surface area is 129 Å². The van der Waals surface area contributed by atoms with Crippen LogP contribution in [-0.2, 0) is 12.8 Å². The summed E-state index contributed by atoms with van der Waals surface area (Å²) in [7, 11) is 0. The van der Waals surface area contributed by atoms with E-state index in [1.54, 1.807) is 6.07 Å². The van der Waals surface area contributed by atoms with Crippen LogP contribution in [0, 0.1) is 0 Å². The van der Waals surface area contributed by atoms with Crippen LogP contribution in [0.4, 0.5) is 0 Å². The Balaban J connectivity index is 0.00000147. The van der Waals surface area contributed by atoms with Gasteiger partial charge < -0.3 is 14.6 Å². The van der Waals surface area contributed by atoms with Crippen molar-refractivity contribution >= 4 is 5.97 Å². The van der Waals surface area contributed by atoms with Crippen molar-refractivity contribution in [2.45, 2.75) is 19.8 Å². The van der Waals surface area contributed by atoms with Gasteiger partial charge in [-0.1, -0.05) is 31.2 Å². The molecule has 0 fully saturated rings. The molecule has 3 rings (SSSR count). The van der Waals surface area contributed by atoms with E-state index in [2.05, 4.69) is 0 Å². The van der Waals surface area contributed by atoms with Crippen molar-refractivity contribution < 1.29 is 33.5 Å². The molecule has 0 aliphatic carbocycles. The molecular formula is C16H13LiO3. The maximum Gasteiger partial charge on any atom is 1.00 e. The monoisotopic (exact) mass is 260 g/mol. The quantitative estimate of drug-likeness (QED) is 0.573. The van der Waals surface area contributed by atoms with Gasteiger partial charge in [0.2, 0.25) is 0 Å². The number of para-hydroxylation sites is 1. The summed E-state index contributed by atoms with van der Waals surface area (Å²) >= 11 is 0. The minimum atomic E-state index is -1.13. The Kier molecular flexibility index (Phi) is 4.22. The molecule has 3 nitrogen and oxygen atoms in total.